The summed E-state index contributed by atoms with van der Waals surface area (Å²) in [6.45, 7) is 4.25. The average molecular weight is 231 g/mol. The molecule has 1 aromatic heterocycles. The quantitative estimate of drug-likeness (QED) is 0.728. The van der Waals surface area contributed by atoms with E-state index in [0.717, 1.165) is 36.7 Å². The Labute approximate surface area is 93.7 Å². The van der Waals surface area contributed by atoms with Crippen LogP contribution in [0.2, 0.25) is 0 Å². The van der Waals surface area contributed by atoms with Gasteiger partial charge >= 0.3 is 0 Å². The van der Waals surface area contributed by atoms with Gasteiger partial charge in [-0.1, -0.05) is 6.92 Å². The van der Waals surface area contributed by atoms with Gasteiger partial charge in [0, 0.05) is 12.2 Å². The second-order valence-corrected chi connectivity index (χ2v) is 4.99. The zero-order valence-electron chi connectivity index (χ0n) is 8.75. The molecule has 5 heteroatoms. The largest absolute Gasteiger partial charge is 0.317 e. The van der Waals surface area contributed by atoms with E-state index in [-0.39, 0.29) is 0 Å². The highest BCUT2D eigenvalue weighted by Crippen LogP contribution is 2.15. The molecule has 0 aliphatic carbocycles. The molecule has 0 atom stereocenters. The van der Waals surface area contributed by atoms with Crippen LogP contribution in [0.25, 0.3) is 0 Å². The Balaban J connectivity index is 2.22. The highest BCUT2D eigenvalue weighted by molar-refractivity contribution is 7.97. The molecular formula is C9H17N3S2. The lowest BCUT2D eigenvalue weighted by Gasteiger charge is -1.97. The van der Waals surface area contributed by atoms with Crippen molar-refractivity contribution in [3.05, 3.63) is 10.0 Å². The standard InChI is InChI=1S/C9H17N3S2/c1-3-10-6-4-5-8-11-12-9(14-8)7-13-2/h10H,3-7H2,1-2H3. The van der Waals surface area contributed by atoms with Gasteiger partial charge in [-0.15, -0.1) is 21.5 Å². The van der Waals surface area contributed by atoms with Crippen LogP contribution in [0.5, 0.6) is 0 Å². The normalized spacial score (nSPS) is 10.7. The van der Waals surface area contributed by atoms with E-state index in [9.17, 15) is 0 Å². The van der Waals surface area contributed by atoms with Crippen LogP contribution < -0.4 is 5.32 Å². The highest BCUT2D eigenvalue weighted by atomic mass is 32.2. The fourth-order valence-electron chi connectivity index (χ4n) is 1.11. The third-order valence-electron chi connectivity index (χ3n) is 1.77. The van der Waals surface area contributed by atoms with Gasteiger partial charge in [-0.25, -0.2) is 0 Å². The maximum absolute atomic E-state index is 4.16. The number of nitrogens with zero attached hydrogens (tertiary/aromatic N) is 2. The van der Waals surface area contributed by atoms with Crippen LogP contribution in [0.15, 0.2) is 0 Å². The van der Waals surface area contributed by atoms with Crippen molar-refractivity contribution in [2.24, 2.45) is 0 Å². The zero-order chi connectivity index (χ0) is 10.2. The van der Waals surface area contributed by atoms with E-state index in [2.05, 4.69) is 28.7 Å². The SMILES string of the molecule is CCNCCCc1nnc(CSC)s1. The van der Waals surface area contributed by atoms with E-state index in [1.807, 2.05) is 0 Å². The molecule has 0 radical (unpaired) electrons. The van der Waals surface area contributed by atoms with Crippen LogP contribution in [0.4, 0.5) is 0 Å². The smallest absolute Gasteiger partial charge is 0.127 e. The highest BCUT2D eigenvalue weighted by Gasteiger charge is 2.02. The molecule has 1 aromatic rings. The van der Waals surface area contributed by atoms with Crippen molar-refractivity contribution >= 4 is 23.1 Å². The average Bonchev–Trinajstić information content (AvgIpc) is 2.61. The van der Waals surface area contributed by atoms with Crippen molar-refractivity contribution in [2.75, 3.05) is 19.3 Å². The van der Waals surface area contributed by atoms with E-state index in [1.165, 1.54) is 5.01 Å². The van der Waals surface area contributed by atoms with E-state index in [1.54, 1.807) is 23.1 Å². The number of thioether (sulfide) groups is 1. The molecule has 0 aliphatic heterocycles. The maximum Gasteiger partial charge on any atom is 0.127 e. The predicted molar refractivity (Wildman–Crippen MR) is 64.0 cm³/mol. The van der Waals surface area contributed by atoms with E-state index < -0.39 is 0 Å². The van der Waals surface area contributed by atoms with Crippen molar-refractivity contribution in [3.63, 3.8) is 0 Å². The monoisotopic (exact) mass is 231 g/mol. The summed E-state index contributed by atoms with van der Waals surface area (Å²) in [5.74, 6) is 0.991. The Bertz CT molecular complexity index is 250. The molecule has 0 spiro atoms. The fraction of sp³-hybridized carbons (Fsp3) is 0.778. The molecule has 1 rings (SSSR count). The molecule has 80 valence electrons. The lowest BCUT2D eigenvalue weighted by molar-refractivity contribution is 0.669. The summed E-state index contributed by atoms with van der Waals surface area (Å²) in [5.41, 5.74) is 0. The Hall–Kier alpha value is -0.130. The third-order valence-corrected chi connectivity index (χ3v) is 3.50. The Morgan fingerprint density at radius 3 is 2.86 bits per heavy atom. The number of hydrogen-bond donors (Lipinski definition) is 1. The Kier molecular flexibility index (Phi) is 6.14. The first-order valence-electron chi connectivity index (χ1n) is 4.87. The van der Waals surface area contributed by atoms with Gasteiger partial charge in [0.2, 0.25) is 0 Å². The summed E-state index contributed by atoms with van der Waals surface area (Å²) < 4.78 is 0. The summed E-state index contributed by atoms with van der Waals surface area (Å²) in [5, 5.41) is 13.9. The lowest BCUT2D eigenvalue weighted by atomic mass is 10.3. The van der Waals surface area contributed by atoms with Gasteiger partial charge < -0.3 is 5.32 Å². The Morgan fingerprint density at radius 2 is 2.14 bits per heavy atom. The summed E-state index contributed by atoms with van der Waals surface area (Å²) in [4.78, 5) is 0. The molecule has 0 unspecified atom stereocenters. The topological polar surface area (TPSA) is 37.8 Å². The van der Waals surface area contributed by atoms with Gasteiger partial charge in [0.05, 0.1) is 0 Å². The first kappa shape index (κ1) is 11.9. The minimum Gasteiger partial charge on any atom is -0.317 e. The van der Waals surface area contributed by atoms with Crippen LogP contribution in [0.1, 0.15) is 23.4 Å². The van der Waals surface area contributed by atoms with Crippen molar-refractivity contribution in [2.45, 2.75) is 25.5 Å². The van der Waals surface area contributed by atoms with Crippen molar-refractivity contribution < 1.29 is 0 Å². The maximum atomic E-state index is 4.16. The van der Waals surface area contributed by atoms with Crippen LogP contribution in [0, 0.1) is 0 Å². The molecule has 0 aromatic carbocycles. The lowest BCUT2D eigenvalue weighted by Crippen LogP contribution is -2.14. The van der Waals surface area contributed by atoms with Crippen LogP contribution in [0.3, 0.4) is 0 Å². The minimum absolute atomic E-state index is 0.991. The summed E-state index contributed by atoms with van der Waals surface area (Å²) >= 11 is 3.54. The van der Waals surface area contributed by atoms with Crippen LogP contribution in [-0.4, -0.2) is 29.5 Å². The van der Waals surface area contributed by atoms with Gasteiger partial charge in [-0.2, -0.15) is 11.8 Å². The van der Waals surface area contributed by atoms with E-state index in [4.69, 9.17) is 0 Å². The van der Waals surface area contributed by atoms with E-state index in [0.29, 0.717) is 0 Å². The van der Waals surface area contributed by atoms with Gasteiger partial charge in [-0.05, 0) is 25.8 Å². The first-order chi connectivity index (χ1) is 6.86. The number of rotatable bonds is 7. The molecule has 0 saturated carbocycles. The molecule has 0 fully saturated rings. The van der Waals surface area contributed by atoms with Gasteiger partial charge in [0.15, 0.2) is 0 Å². The number of hydrogen-bond acceptors (Lipinski definition) is 5. The predicted octanol–water partition coefficient (Wildman–Crippen LogP) is 1.94. The van der Waals surface area contributed by atoms with E-state index >= 15 is 0 Å². The molecule has 1 N–H and O–H groups in total. The first-order valence-corrected chi connectivity index (χ1v) is 7.08. The molecule has 0 aliphatic rings. The zero-order valence-corrected chi connectivity index (χ0v) is 10.4. The van der Waals surface area contributed by atoms with Gasteiger partial charge in [-0.3, -0.25) is 0 Å². The van der Waals surface area contributed by atoms with Crippen LogP contribution in [-0.2, 0) is 12.2 Å². The summed E-state index contributed by atoms with van der Waals surface area (Å²) in [6, 6.07) is 0. The number of aryl methyl sites for hydroxylation is 1. The van der Waals surface area contributed by atoms with Crippen LogP contribution >= 0.6 is 23.1 Å². The van der Waals surface area contributed by atoms with Crippen molar-refractivity contribution in [1.29, 1.82) is 0 Å². The Morgan fingerprint density at radius 1 is 1.36 bits per heavy atom. The molecular weight excluding hydrogens is 214 g/mol. The van der Waals surface area contributed by atoms with Gasteiger partial charge in [0.1, 0.15) is 10.0 Å². The third kappa shape index (κ3) is 4.39. The second kappa shape index (κ2) is 7.20. The number of nitrogens with one attached hydrogen (secondary N) is 1. The number of aromatic nitrogens is 2. The van der Waals surface area contributed by atoms with Crippen molar-refractivity contribution in [3.8, 4) is 0 Å². The molecule has 1 heterocycles. The summed E-state index contributed by atoms with van der Waals surface area (Å²) in [6.07, 6.45) is 4.30. The molecule has 0 bridgehead atoms. The molecule has 3 nitrogen and oxygen atoms in total. The summed E-state index contributed by atoms with van der Waals surface area (Å²) in [7, 11) is 0. The second-order valence-electron chi connectivity index (χ2n) is 2.98. The van der Waals surface area contributed by atoms with Crippen molar-refractivity contribution in [1.82, 2.24) is 15.5 Å². The fourth-order valence-corrected chi connectivity index (χ4v) is 2.69. The molecule has 0 amide bonds. The minimum atomic E-state index is 0.991. The molecule has 0 saturated heterocycles. The molecule has 14 heavy (non-hydrogen) atoms. The van der Waals surface area contributed by atoms with Gasteiger partial charge in [0.25, 0.3) is 0 Å².